The molecule has 1 aliphatic heterocycles. The molecule has 0 saturated carbocycles. The molecule has 1 atom stereocenters. The van der Waals surface area contributed by atoms with Gasteiger partial charge in [-0.3, -0.25) is 0 Å². The fourth-order valence-corrected chi connectivity index (χ4v) is 3.03. The molecule has 1 aromatic heterocycles. The van der Waals surface area contributed by atoms with Crippen LogP contribution in [0.25, 0.3) is 0 Å². The van der Waals surface area contributed by atoms with Crippen LogP contribution in [0.1, 0.15) is 23.5 Å². The van der Waals surface area contributed by atoms with Crippen LogP contribution in [0.15, 0.2) is 5.38 Å². The van der Waals surface area contributed by atoms with Crippen molar-refractivity contribution < 1.29 is 4.74 Å². The molecule has 0 radical (unpaired) electrons. The molecule has 0 spiro atoms. The summed E-state index contributed by atoms with van der Waals surface area (Å²) in [5, 5.41) is 3.30. The van der Waals surface area contributed by atoms with Crippen molar-refractivity contribution in [1.82, 2.24) is 4.98 Å². The van der Waals surface area contributed by atoms with Crippen LogP contribution in [0.3, 0.4) is 0 Å². The van der Waals surface area contributed by atoms with Gasteiger partial charge in [0.25, 0.3) is 0 Å². The number of ether oxygens (including phenoxy) is 1. The molecule has 15 heavy (non-hydrogen) atoms. The van der Waals surface area contributed by atoms with Gasteiger partial charge in [-0.25, -0.2) is 4.98 Å². The smallest absolute Gasteiger partial charge is 0.0935 e. The molecule has 0 bridgehead atoms. The number of nitrogens with zero attached hydrogens (tertiary/aromatic N) is 1. The molecule has 0 amide bonds. The Morgan fingerprint density at radius 1 is 1.67 bits per heavy atom. The van der Waals surface area contributed by atoms with Crippen molar-refractivity contribution in [2.45, 2.75) is 26.2 Å². The van der Waals surface area contributed by atoms with Crippen molar-refractivity contribution in [2.24, 2.45) is 11.1 Å². The van der Waals surface area contributed by atoms with Crippen LogP contribution < -0.4 is 5.73 Å². The molecule has 2 N–H and O–H groups in total. The first kappa shape index (κ1) is 11.0. The first-order chi connectivity index (χ1) is 7.24. The molecule has 1 fully saturated rings. The topological polar surface area (TPSA) is 48.1 Å². The van der Waals surface area contributed by atoms with E-state index in [2.05, 4.69) is 10.4 Å². The van der Waals surface area contributed by atoms with E-state index in [0.717, 1.165) is 31.7 Å². The minimum Gasteiger partial charge on any atom is -0.381 e. The molecular weight excluding hydrogens is 208 g/mol. The van der Waals surface area contributed by atoms with E-state index in [9.17, 15) is 0 Å². The van der Waals surface area contributed by atoms with Gasteiger partial charge in [0.1, 0.15) is 0 Å². The molecule has 0 aliphatic carbocycles. The van der Waals surface area contributed by atoms with Crippen LogP contribution >= 0.6 is 11.3 Å². The molecule has 1 aromatic rings. The SMILES string of the molecule is Cc1csc(CC2(CN)CCCOC2)n1. The van der Waals surface area contributed by atoms with Crippen LogP contribution in [0, 0.1) is 12.3 Å². The van der Waals surface area contributed by atoms with Gasteiger partial charge in [0, 0.05) is 36.1 Å². The van der Waals surface area contributed by atoms with Crippen molar-refractivity contribution >= 4 is 11.3 Å². The predicted molar refractivity (Wildman–Crippen MR) is 62.1 cm³/mol. The molecular formula is C11H18N2OS. The zero-order valence-corrected chi connectivity index (χ0v) is 9.98. The number of aromatic nitrogens is 1. The molecule has 84 valence electrons. The third-order valence-corrected chi connectivity index (χ3v) is 4.00. The Hall–Kier alpha value is -0.450. The van der Waals surface area contributed by atoms with Crippen molar-refractivity contribution in [3.05, 3.63) is 16.1 Å². The maximum absolute atomic E-state index is 5.89. The molecule has 3 nitrogen and oxygen atoms in total. The summed E-state index contributed by atoms with van der Waals surface area (Å²) < 4.78 is 5.55. The number of thiazole rings is 1. The number of hydrogen-bond donors (Lipinski definition) is 1. The molecule has 2 rings (SSSR count). The van der Waals surface area contributed by atoms with E-state index >= 15 is 0 Å². The molecule has 1 aliphatic rings. The standard InChI is InChI=1S/C11H18N2OS/c1-9-6-15-10(13-9)5-11(7-12)3-2-4-14-8-11/h6H,2-5,7-8,12H2,1H3. The van der Waals surface area contributed by atoms with E-state index < -0.39 is 0 Å². The van der Waals surface area contributed by atoms with E-state index in [-0.39, 0.29) is 5.41 Å². The maximum atomic E-state index is 5.89. The Kier molecular flexibility index (Phi) is 3.38. The number of nitrogens with two attached hydrogens (primary N) is 1. The lowest BCUT2D eigenvalue weighted by Crippen LogP contribution is -2.40. The van der Waals surface area contributed by atoms with E-state index in [1.54, 1.807) is 11.3 Å². The van der Waals surface area contributed by atoms with Crippen LogP contribution in [-0.2, 0) is 11.2 Å². The third kappa shape index (κ3) is 2.56. The Balaban J connectivity index is 2.06. The van der Waals surface area contributed by atoms with Gasteiger partial charge < -0.3 is 10.5 Å². The van der Waals surface area contributed by atoms with Gasteiger partial charge in [-0.15, -0.1) is 11.3 Å². The molecule has 1 saturated heterocycles. The first-order valence-electron chi connectivity index (χ1n) is 5.43. The van der Waals surface area contributed by atoms with Crippen molar-refractivity contribution in [3.8, 4) is 0 Å². The van der Waals surface area contributed by atoms with Gasteiger partial charge in [0.15, 0.2) is 0 Å². The summed E-state index contributed by atoms with van der Waals surface area (Å²) in [5.41, 5.74) is 7.14. The highest BCUT2D eigenvalue weighted by Gasteiger charge is 2.32. The largest absolute Gasteiger partial charge is 0.381 e. The highest BCUT2D eigenvalue weighted by molar-refractivity contribution is 7.09. The van der Waals surface area contributed by atoms with Crippen LogP contribution in [-0.4, -0.2) is 24.7 Å². The zero-order valence-electron chi connectivity index (χ0n) is 9.16. The normalized spacial score (nSPS) is 26.8. The Labute approximate surface area is 94.7 Å². The fourth-order valence-electron chi connectivity index (χ4n) is 2.09. The fraction of sp³-hybridized carbons (Fsp3) is 0.727. The average Bonchev–Trinajstić information content (AvgIpc) is 2.65. The minimum atomic E-state index is 0.141. The van der Waals surface area contributed by atoms with E-state index in [4.69, 9.17) is 10.5 Å². The van der Waals surface area contributed by atoms with Gasteiger partial charge in [0.05, 0.1) is 11.6 Å². The van der Waals surface area contributed by atoms with Crippen molar-refractivity contribution in [1.29, 1.82) is 0 Å². The molecule has 2 heterocycles. The second-order valence-corrected chi connectivity index (χ2v) is 5.36. The highest BCUT2D eigenvalue weighted by atomic mass is 32.1. The number of aryl methyl sites for hydroxylation is 1. The van der Waals surface area contributed by atoms with Gasteiger partial charge in [-0.05, 0) is 19.8 Å². The summed E-state index contributed by atoms with van der Waals surface area (Å²) >= 11 is 1.73. The molecule has 4 heteroatoms. The Morgan fingerprint density at radius 2 is 2.53 bits per heavy atom. The number of rotatable bonds is 3. The van der Waals surface area contributed by atoms with Gasteiger partial charge >= 0.3 is 0 Å². The van der Waals surface area contributed by atoms with Crippen LogP contribution in [0.5, 0.6) is 0 Å². The minimum absolute atomic E-state index is 0.141. The van der Waals surface area contributed by atoms with E-state index in [0.29, 0.717) is 6.54 Å². The lowest BCUT2D eigenvalue weighted by molar-refractivity contribution is -0.00266. The summed E-state index contributed by atoms with van der Waals surface area (Å²) in [6.07, 6.45) is 3.27. The van der Waals surface area contributed by atoms with Crippen molar-refractivity contribution in [3.63, 3.8) is 0 Å². The zero-order chi connectivity index (χ0) is 10.7. The van der Waals surface area contributed by atoms with Gasteiger partial charge in [-0.1, -0.05) is 0 Å². The third-order valence-electron chi connectivity index (χ3n) is 3.03. The number of hydrogen-bond acceptors (Lipinski definition) is 4. The summed E-state index contributed by atoms with van der Waals surface area (Å²) in [5.74, 6) is 0. The quantitative estimate of drug-likeness (QED) is 0.854. The van der Waals surface area contributed by atoms with Crippen LogP contribution in [0.2, 0.25) is 0 Å². The monoisotopic (exact) mass is 226 g/mol. The highest BCUT2D eigenvalue weighted by Crippen LogP contribution is 2.32. The summed E-state index contributed by atoms with van der Waals surface area (Å²) in [6, 6.07) is 0. The summed E-state index contributed by atoms with van der Waals surface area (Å²) in [7, 11) is 0. The summed E-state index contributed by atoms with van der Waals surface area (Å²) in [4.78, 5) is 4.51. The second kappa shape index (κ2) is 4.60. The molecule has 0 aromatic carbocycles. The predicted octanol–water partition coefficient (Wildman–Crippen LogP) is 1.75. The Bertz CT molecular complexity index is 318. The van der Waals surface area contributed by atoms with E-state index in [1.165, 1.54) is 11.4 Å². The molecule has 1 unspecified atom stereocenters. The second-order valence-electron chi connectivity index (χ2n) is 4.42. The van der Waals surface area contributed by atoms with Gasteiger partial charge in [0.2, 0.25) is 0 Å². The summed E-state index contributed by atoms with van der Waals surface area (Å²) in [6.45, 7) is 4.42. The lowest BCUT2D eigenvalue weighted by atomic mass is 9.80. The lowest BCUT2D eigenvalue weighted by Gasteiger charge is -2.35. The van der Waals surface area contributed by atoms with E-state index in [1.807, 2.05) is 6.92 Å². The maximum Gasteiger partial charge on any atom is 0.0935 e. The average molecular weight is 226 g/mol. The first-order valence-corrected chi connectivity index (χ1v) is 6.31. The van der Waals surface area contributed by atoms with Gasteiger partial charge in [-0.2, -0.15) is 0 Å². The van der Waals surface area contributed by atoms with Crippen LogP contribution in [0.4, 0.5) is 0 Å². The van der Waals surface area contributed by atoms with Crippen molar-refractivity contribution in [2.75, 3.05) is 19.8 Å². The Morgan fingerprint density at radius 3 is 3.07 bits per heavy atom.